The Morgan fingerprint density at radius 1 is 1.88 bits per heavy atom. The average Bonchev–Trinajstić information content (AvgIpc) is 2.14. The first-order valence-corrected chi connectivity index (χ1v) is 2.34. The molecule has 3 nitrogen and oxygen atoms in total. The van der Waals surface area contributed by atoms with Crippen LogP contribution < -0.4 is 0 Å². The maximum atomic E-state index is 10.4. The molecule has 0 aromatic rings. The normalized spacial score (nSPS) is 18.1. The molecule has 44 valence electrons. The fourth-order valence-corrected chi connectivity index (χ4v) is 0.551. The Morgan fingerprint density at radius 2 is 2.62 bits per heavy atom. The Morgan fingerprint density at radius 3 is 2.88 bits per heavy atom. The van der Waals surface area contributed by atoms with Crippen molar-refractivity contribution in [3.8, 4) is 0 Å². The van der Waals surface area contributed by atoms with Gasteiger partial charge in [0.05, 0.1) is 7.11 Å². The van der Waals surface area contributed by atoms with Crippen molar-refractivity contribution in [3.05, 3.63) is 12.3 Å². The molecule has 0 radical (unpaired) electrons. The lowest BCUT2D eigenvalue weighted by Crippen LogP contribution is -2.15. The zero-order valence-electron chi connectivity index (χ0n) is 4.63. The Kier molecular flexibility index (Phi) is 1.30. The molecular weight excluding hydrogens is 106 g/mol. The van der Waals surface area contributed by atoms with E-state index in [-0.39, 0.29) is 5.78 Å². The first-order chi connectivity index (χ1) is 3.83. The van der Waals surface area contributed by atoms with E-state index in [1.54, 1.807) is 6.20 Å². The second kappa shape index (κ2) is 1.96. The predicted octanol–water partition coefficient (Wildman–Crippen LogP) is -0.0538. The van der Waals surface area contributed by atoms with Crippen LogP contribution >= 0.6 is 0 Å². The van der Waals surface area contributed by atoms with Gasteiger partial charge in [0.1, 0.15) is 6.54 Å². The van der Waals surface area contributed by atoms with Crippen LogP contribution in [-0.2, 0) is 9.63 Å². The summed E-state index contributed by atoms with van der Waals surface area (Å²) in [5.74, 6) is 0.0897. The Bertz CT molecular complexity index is 130. The summed E-state index contributed by atoms with van der Waals surface area (Å²) in [7, 11) is 1.53. The van der Waals surface area contributed by atoms with Crippen LogP contribution in [-0.4, -0.2) is 24.5 Å². The minimum Gasteiger partial charge on any atom is -0.293 e. The zero-order valence-corrected chi connectivity index (χ0v) is 4.63. The van der Waals surface area contributed by atoms with E-state index in [4.69, 9.17) is 4.84 Å². The van der Waals surface area contributed by atoms with Gasteiger partial charge >= 0.3 is 0 Å². The zero-order chi connectivity index (χ0) is 5.98. The number of hydrogen-bond donors (Lipinski definition) is 0. The lowest BCUT2D eigenvalue weighted by Gasteiger charge is -2.08. The van der Waals surface area contributed by atoms with Crippen molar-refractivity contribution in [2.45, 2.75) is 0 Å². The summed E-state index contributed by atoms with van der Waals surface area (Å²) in [6.07, 6.45) is 3.10. The van der Waals surface area contributed by atoms with E-state index in [0.717, 1.165) is 0 Å². The molecule has 0 fully saturated rings. The fraction of sp³-hybridized carbons (Fsp3) is 0.400. The highest BCUT2D eigenvalue weighted by atomic mass is 16.7. The molecule has 0 aromatic carbocycles. The van der Waals surface area contributed by atoms with Gasteiger partial charge in [0, 0.05) is 12.3 Å². The van der Waals surface area contributed by atoms with E-state index < -0.39 is 0 Å². The smallest absolute Gasteiger partial charge is 0.179 e. The SMILES string of the molecule is CON1C=CC(=O)C1. The molecule has 0 atom stereocenters. The molecule has 0 bridgehead atoms. The highest BCUT2D eigenvalue weighted by Crippen LogP contribution is 1.98. The van der Waals surface area contributed by atoms with Gasteiger partial charge in [0.15, 0.2) is 5.78 Å². The van der Waals surface area contributed by atoms with Crippen molar-refractivity contribution in [1.29, 1.82) is 0 Å². The third-order valence-corrected chi connectivity index (χ3v) is 0.973. The van der Waals surface area contributed by atoms with Crippen LogP contribution in [0.4, 0.5) is 0 Å². The first-order valence-electron chi connectivity index (χ1n) is 2.34. The molecular formula is C5H7NO2. The largest absolute Gasteiger partial charge is 0.293 e. The molecule has 1 heterocycles. The first kappa shape index (κ1) is 5.31. The van der Waals surface area contributed by atoms with Gasteiger partial charge in [-0.1, -0.05) is 0 Å². The van der Waals surface area contributed by atoms with Crippen LogP contribution in [0, 0.1) is 0 Å². The standard InChI is InChI=1S/C5H7NO2/c1-8-6-3-2-5(7)4-6/h2-3H,4H2,1H3. The summed E-state index contributed by atoms with van der Waals surface area (Å²) in [5, 5.41) is 1.47. The summed E-state index contributed by atoms with van der Waals surface area (Å²) < 4.78 is 0. The van der Waals surface area contributed by atoms with E-state index in [1.165, 1.54) is 18.2 Å². The maximum Gasteiger partial charge on any atom is 0.179 e. The van der Waals surface area contributed by atoms with E-state index in [0.29, 0.717) is 6.54 Å². The van der Waals surface area contributed by atoms with Gasteiger partial charge in [-0.15, -0.1) is 0 Å². The molecule has 1 rings (SSSR count). The predicted molar refractivity (Wildman–Crippen MR) is 27.9 cm³/mol. The van der Waals surface area contributed by atoms with E-state index >= 15 is 0 Å². The molecule has 8 heavy (non-hydrogen) atoms. The molecule has 0 saturated heterocycles. The van der Waals surface area contributed by atoms with Gasteiger partial charge < -0.3 is 0 Å². The van der Waals surface area contributed by atoms with Gasteiger partial charge in [-0.2, -0.15) is 0 Å². The highest BCUT2D eigenvalue weighted by molar-refractivity contribution is 5.93. The van der Waals surface area contributed by atoms with Crippen molar-refractivity contribution in [3.63, 3.8) is 0 Å². The molecule has 0 saturated carbocycles. The van der Waals surface area contributed by atoms with Crippen molar-refractivity contribution >= 4 is 5.78 Å². The van der Waals surface area contributed by atoms with Gasteiger partial charge in [-0.25, -0.2) is 0 Å². The van der Waals surface area contributed by atoms with Crippen molar-refractivity contribution in [2.24, 2.45) is 0 Å². The third-order valence-electron chi connectivity index (χ3n) is 0.973. The summed E-state index contributed by atoms with van der Waals surface area (Å²) in [6, 6.07) is 0. The van der Waals surface area contributed by atoms with Crippen LogP contribution in [0.2, 0.25) is 0 Å². The van der Waals surface area contributed by atoms with Gasteiger partial charge in [0.25, 0.3) is 0 Å². The average molecular weight is 113 g/mol. The van der Waals surface area contributed by atoms with Crippen molar-refractivity contribution in [2.75, 3.05) is 13.7 Å². The number of hydroxylamine groups is 2. The second-order valence-corrected chi connectivity index (χ2v) is 1.54. The van der Waals surface area contributed by atoms with Gasteiger partial charge in [0.2, 0.25) is 0 Å². The number of rotatable bonds is 1. The molecule has 0 aromatic heterocycles. The molecule has 0 aliphatic carbocycles. The van der Waals surface area contributed by atoms with E-state index in [1.807, 2.05) is 0 Å². The van der Waals surface area contributed by atoms with Gasteiger partial charge in [-0.3, -0.25) is 14.7 Å². The van der Waals surface area contributed by atoms with Crippen molar-refractivity contribution in [1.82, 2.24) is 5.06 Å². The molecule has 3 heteroatoms. The molecule has 0 N–H and O–H groups in total. The summed E-state index contributed by atoms with van der Waals surface area (Å²) in [6.45, 7) is 0.358. The lowest BCUT2D eigenvalue weighted by atomic mass is 10.4. The van der Waals surface area contributed by atoms with E-state index in [2.05, 4.69) is 0 Å². The molecule has 0 unspecified atom stereocenters. The van der Waals surface area contributed by atoms with Crippen LogP contribution in [0.3, 0.4) is 0 Å². The summed E-state index contributed by atoms with van der Waals surface area (Å²) in [4.78, 5) is 15.1. The van der Waals surface area contributed by atoms with Gasteiger partial charge in [-0.05, 0) is 0 Å². The summed E-state index contributed by atoms with van der Waals surface area (Å²) >= 11 is 0. The molecule has 0 amide bonds. The van der Waals surface area contributed by atoms with Crippen LogP contribution in [0.15, 0.2) is 12.3 Å². The fourth-order valence-electron chi connectivity index (χ4n) is 0.551. The number of hydrogen-bond acceptors (Lipinski definition) is 3. The number of ketones is 1. The van der Waals surface area contributed by atoms with E-state index in [9.17, 15) is 4.79 Å². The molecule has 0 spiro atoms. The van der Waals surface area contributed by atoms with Crippen LogP contribution in [0.1, 0.15) is 0 Å². The maximum absolute atomic E-state index is 10.4. The Labute approximate surface area is 47.5 Å². The lowest BCUT2D eigenvalue weighted by molar-refractivity contribution is -0.124. The van der Waals surface area contributed by atoms with Crippen LogP contribution in [0.5, 0.6) is 0 Å². The van der Waals surface area contributed by atoms with Crippen LogP contribution in [0.25, 0.3) is 0 Å². The minimum atomic E-state index is 0.0897. The Hall–Kier alpha value is -0.830. The third kappa shape index (κ3) is 0.869. The molecule has 1 aliphatic rings. The minimum absolute atomic E-state index is 0.0897. The quantitative estimate of drug-likeness (QED) is 0.477. The number of nitrogens with zero attached hydrogens (tertiary/aromatic N) is 1. The number of carbonyl (C=O) groups excluding carboxylic acids is 1. The highest BCUT2D eigenvalue weighted by Gasteiger charge is 2.09. The number of carbonyl (C=O) groups is 1. The second-order valence-electron chi connectivity index (χ2n) is 1.54. The summed E-state index contributed by atoms with van der Waals surface area (Å²) in [5.41, 5.74) is 0. The van der Waals surface area contributed by atoms with Crippen molar-refractivity contribution < 1.29 is 9.63 Å². The molecule has 1 aliphatic heterocycles. The Balaban J connectivity index is 2.46. The monoisotopic (exact) mass is 113 g/mol. The topological polar surface area (TPSA) is 29.5 Å².